The third-order valence-corrected chi connectivity index (χ3v) is 5.83. The standard InChI is InChI=1S/C16H18N2O4S/c1-15(2)11(12(19)20)18-13(21)16(22-3,14(18)23-15)17-9-10-7-5-4-6-8-10/h4-9,11,14H,1-3H3,(H,19,20)/t11-,14+,16?/m0/s1. The second-order valence-corrected chi connectivity index (χ2v) is 7.83. The fourth-order valence-electron chi connectivity index (χ4n) is 3.08. The van der Waals surface area contributed by atoms with Crippen LogP contribution in [-0.2, 0) is 14.3 Å². The van der Waals surface area contributed by atoms with Crippen molar-refractivity contribution in [1.82, 2.24) is 4.90 Å². The molecule has 1 N–H and O–H groups in total. The number of nitrogens with zero attached hydrogens (tertiary/aromatic N) is 2. The number of carboxylic acid groups (broad SMARTS) is 1. The van der Waals surface area contributed by atoms with Crippen molar-refractivity contribution in [2.24, 2.45) is 4.99 Å². The minimum atomic E-state index is -1.35. The molecule has 3 atom stereocenters. The van der Waals surface area contributed by atoms with Gasteiger partial charge in [0, 0.05) is 18.1 Å². The molecule has 1 aromatic carbocycles. The smallest absolute Gasteiger partial charge is 0.327 e. The van der Waals surface area contributed by atoms with Crippen molar-refractivity contribution in [2.45, 2.75) is 35.7 Å². The van der Waals surface area contributed by atoms with Gasteiger partial charge in [-0.05, 0) is 19.4 Å². The Balaban J connectivity index is 1.92. The number of hydrogen-bond donors (Lipinski definition) is 1. The van der Waals surface area contributed by atoms with Crippen LogP contribution in [0.5, 0.6) is 0 Å². The normalized spacial score (nSPS) is 32.0. The van der Waals surface area contributed by atoms with Gasteiger partial charge in [0.15, 0.2) is 0 Å². The van der Waals surface area contributed by atoms with Gasteiger partial charge >= 0.3 is 5.97 Å². The number of fused-ring (bicyclic) bond motifs is 1. The summed E-state index contributed by atoms with van der Waals surface area (Å²) >= 11 is 1.41. The van der Waals surface area contributed by atoms with E-state index in [0.717, 1.165) is 5.56 Å². The molecule has 0 radical (unpaired) electrons. The quantitative estimate of drug-likeness (QED) is 0.668. The lowest BCUT2D eigenvalue weighted by Crippen LogP contribution is -2.73. The SMILES string of the molecule is COC1(N=Cc2ccccc2)C(=O)N2[C@@H](C(=O)O)C(C)(C)S[C@@H]21. The van der Waals surface area contributed by atoms with Crippen molar-refractivity contribution in [3.8, 4) is 0 Å². The number of thioether (sulfide) groups is 1. The van der Waals surface area contributed by atoms with Gasteiger partial charge in [-0.25, -0.2) is 9.79 Å². The molecular formula is C16H18N2O4S. The number of ether oxygens (including phenoxy) is 1. The van der Waals surface area contributed by atoms with Crippen LogP contribution < -0.4 is 0 Å². The number of carbonyl (C=O) groups excluding carboxylic acids is 1. The minimum Gasteiger partial charge on any atom is -0.480 e. The first-order valence-corrected chi connectivity index (χ1v) is 8.10. The van der Waals surface area contributed by atoms with Crippen molar-refractivity contribution in [3.63, 3.8) is 0 Å². The highest BCUT2D eigenvalue weighted by Gasteiger charge is 2.72. The Morgan fingerprint density at radius 2 is 2.04 bits per heavy atom. The summed E-state index contributed by atoms with van der Waals surface area (Å²) in [5.41, 5.74) is -0.491. The van der Waals surface area contributed by atoms with Crippen LogP contribution in [0.2, 0.25) is 0 Å². The summed E-state index contributed by atoms with van der Waals surface area (Å²) in [7, 11) is 1.43. The number of benzene rings is 1. The summed E-state index contributed by atoms with van der Waals surface area (Å²) < 4.78 is 4.84. The summed E-state index contributed by atoms with van der Waals surface area (Å²) in [5.74, 6) is -1.40. The molecule has 3 rings (SSSR count). The van der Waals surface area contributed by atoms with Crippen LogP contribution in [0.1, 0.15) is 19.4 Å². The van der Waals surface area contributed by atoms with Gasteiger partial charge in [-0.2, -0.15) is 0 Å². The second kappa shape index (κ2) is 5.35. The van der Waals surface area contributed by atoms with E-state index in [4.69, 9.17) is 4.74 Å². The van der Waals surface area contributed by atoms with E-state index in [2.05, 4.69) is 4.99 Å². The zero-order valence-electron chi connectivity index (χ0n) is 13.1. The first-order chi connectivity index (χ1) is 10.8. The van der Waals surface area contributed by atoms with E-state index in [-0.39, 0.29) is 0 Å². The van der Waals surface area contributed by atoms with Crippen molar-refractivity contribution in [3.05, 3.63) is 35.9 Å². The van der Waals surface area contributed by atoms with Crippen molar-refractivity contribution < 1.29 is 19.4 Å². The number of β-lactam (4-membered cyclic amide) rings is 1. The third-order valence-electron chi connectivity index (χ3n) is 4.23. The molecule has 7 heteroatoms. The van der Waals surface area contributed by atoms with Gasteiger partial charge in [0.25, 0.3) is 11.6 Å². The lowest BCUT2D eigenvalue weighted by Gasteiger charge is -2.49. The molecule has 0 spiro atoms. The average molecular weight is 334 g/mol. The highest BCUT2D eigenvalue weighted by molar-refractivity contribution is 8.01. The number of carbonyl (C=O) groups is 2. The molecule has 2 fully saturated rings. The maximum absolute atomic E-state index is 12.6. The van der Waals surface area contributed by atoms with Crippen LogP contribution in [0.4, 0.5) is 0 Å². The highest BCUT2D eigenvalue weighted by Crippen LogP contribution is 2.56. The number of rotatable bonds is 4. The predicted molar refractivity (Wildman–Crippen MR) is 87.5 cm³/mol. The van der Waals surface area contributed by atoms with Crippen LogP contribution in [0.15, 0.2) is 35.3 Å². The fraction of sp³-hybridized carbons (Fsp3) is 0.438. The first kappa shape index (κ1) is 16.0. The summed E-state index contributed by atoms with van der Waals surface area (Å²) in [6, 6.07) is 8.53. The molecule has 2 heterocycles. The first-order valence-electron chi connectivity index (χ1n) is 7.22. The average Bonchev–Trinajstić information content (AvgIpc) is 2.78. The largest absolute Gasteiger partial charge is 0.480 e. The second-order valence-electron chi connectivity index (χ2n) is 6.10. The molecule has 6 nitrogen and oxygen atoms in total. The van der Waals surface area contributed by atoms with Gasteiger partial charge in [-0.1, -0.05) is 30.3 Å². The van der Waals surface area contributed by atoms with E-state index in [1.807, 2.05) is 44.2 Å². The van der Waals surface area contributed by atoms with E-state index in [9.17, 15) is 14.7 Å². The Morgan fingerprint density at radius 3 is 2.61 bits per heavy atom. The molecule has 2 saturated heterocycles. The minimum absolute atomic E-state index is 0.400. The molecule has 1 aromatic rings. The van der Waals surface area contributed by atoms with Crippen molar-refractivity contribution in [1.29, 1.82) is 0 Å². The van der Waals surface area contributed by atoms with Crippen molar-refractivity contribution >= 4 is 29.9 Å². The molecule has 0 aromatic heterocycles. The molecule has 122 valence electrons. The molecule has 23 heavy (non-hydrogen) atoms. The Bertz CT molecular complexity index is 676. The molecule has 1 amide bonds. The molecule has 2 aliphatic rings. The Kier molecular flexibility index (Phi) is 3.72. The van der Waals surface area contributed by atoms with E-state index in [0.29, 0.717) is 0 Å². The van der Waals surface area contributed by atoms with E-state index in [1.54, 1.807) is 6.21 Å². The van der Waals surface area contributed by atoms with Crippen LogP contribution in [0, 0.1) is 0 Å². The Hall–Kier alpha value is -1.86. The van der Waals surface area contributed by atoms with Crippen LogP contribution in [0.3, 0.4) is 0 Å². The highest BCUT2D eigenvalue weighted by atomic mass is 32.2. The summed E-state index contributed by atoms with van der Waals surface area (Å²) in [5, 5.41) is 9.02. The van der Waals surface area contributed by atoms with Gasteiger partial charge in [0.05, 0.1) is 0 Å². The molecule has 0 aliphatic carbocycles. The fourth-order valence-corrected chi connectivity index (χ4v) is 4.75. The van der Waals surface area contributed by atoms with Gasteiger partial charge < -0.3 is 14.7 Å². The topological polar surface area (TPSA) is 79.2 Å². The zero-order valence-corrected chi connectivity index (χ0v) is 13.9. The molecule has 0 bridgehead atoms. The zero-order chi connectivity index (χ0) is 16.8. The number of carboxylic acids is 1. The van der Waals surface area contributed by atoms with Gasteiger partial charge in [-0.3, -0.25) is 4.79 Å². The van der Waals surface area contributed by atoms with Crippen LogP contribution in [-0.4, -0.2) is 57.1 Å². The maximum Gasteiger partial charge on any atom is 0.327 e. The lowest BCUT2D eigenvalue weighted by atomic mass is 9.94. The number of aliphatic imine (C=N–C) groups is 1. The number of aliphatic carboxylic acids is 1. The molecule has 2 aliphatic heterocycles. The Labute approximate surface area is 138 Å². The van der Waals surface area contributed by atoms with E-state index in [1.165, 1.54) is 23.8 Å². The predicted octanol–water partition coefficient (Wildman–Crippen LogP) is 1.60. The number of methoxy groups -OCH3 is 1. The van der Waals surface area contributed by atoms with Crippen molar-refractivity contribution in [2.75, 3.05) is 7.11 Å². The third kappa shape index (κ3) is 2.26. The maximum atomic E-state index is 12.6. The summed E-state index contributed by atoms with van der Waals surface area (Å²) in [4.78, 5) is 29.9. The van der Waals surface area contributed by atoms with Crippen LogP contribution in [0.25, 0.3) is 0 Å². The van der Waals surface area contributed by atoms with Gasteiger partial charge in [-0.15, -0.1) is 11.8 Å². The van der Waals surface area contributed by atoms with E-state index < -0.39 is 33.8 Å². The molecule has 0 saturated carbocycles. The lowest BCUT2D eigenvalue weighted by molar-refractivity contribution is -0.191. The molecule has 1 unspecified atom stereocenters. The molecular weight excluding hydrogens is 316 g/mol. The summed E-state index contributed by atoms with van der Waals surface area (Å²) in [6.45, 7) is 3.65. The summed E-state index contributed by atoms with van der Waals surface area (Å²) in [6.07, 6.45) is 1.60. The van der Waals surface area contributed by atoms with Gasteiger partial charge in [0.2, 0.25) is 0 Å². The number of amides is 1. The van der Waals surface area contributed by atoms with E-state index >= 15 is 0 Å². The monoisotopic (exact) mass is 334 g/mol. The number of hydrogen-bond acceptors (Lipinski definition) is 5. The Morgan fingerprint density at radius 1 is 1.39 bits per heavy atom. The van der Waals surface area contributed by atoms with Crippen LogP contribution >= 0.6 is 11.8 Å². The van der Waals surface area contributed by atoms with Gasteiger partial charge in [0.1, 0.15) is 11.4 Å².